The molecule has 1 N–H and O–H groups in total. The summed E-state index contributed by atoms with van der Waals surface area (Å²) in [6.07, 6.45) is 9.99. The molecule has 0 atom stereocenters. The number of ether oxygens (including phenoxy) is 2. The Labute approximate surface area is 152 Å². The van der Waals surface area contributed by atoms with E-state index in [9.17, 15) is 4.79 Å². The number of nitrogens with one attached hydrogen (secondary N) is 1. The van der Waals surface area contributed by atoms with Gasteiger partial charge >= 0.3 is 6.09 Å². The number of alkyl carbamates (subject to hydrolysis) is 1. The largest absolute Gasteiger partial charge is 0.444 e. The predicted octanol–water partition coefficient (Wildman–Crippen LogP) is 3.71. The summed E-state index contributed by atoms with van der Waals surface area (Å²) in [5, 5.41) is 3.03. The molecule has 0 aromatic carbocycles. The molecule has 144 valence electrons. The van der Waals surface area contributed by atoms with Crippen LogP contribution in [0.25, 0.3) is 0 Å². The molecule has 0 radical (unpaired) electrons. The number of hydrogen-bond donors (Lipinski definition) is 1. The number of amides is 1. The average molecular weight is 353 g/mol. The van der Waals surface area contributed by atoms with Crippen LogP contribution in [0, 0.1) is 5.92 Å². The summed E-state index contributed by atoms with van der Waals surface area (Å²) < 4.78 is 11.4. The molecule has 0 aromatic heterocycles. The van der Waals surface area contributed by atoms with E-state index in [0.717, 1.165) is 38.5 Å². The molecule has 0 aromatic rings. The van der Waals surface area contributed by atoms with E-state index >= 15 is 0 Å². The van der Waals surface area contributed by atoms with Gasteiger partial charge in [-0.05, 0) is 78.1 Å². The molecular formula is C20H36N2O3. The molecule has 3 aliphatic rings. The minimum absolute atomic E-state index is 0.254. The lowest BCUT2D eigenvalue weighted by Crippen LogP contribution is -2.49. The molecule has 1 saturated heterocycles. The Kier molecular flexibility index (Phi) is 6.26. The Morgan fingerprint density at radius 2 is 1.64 bits per heavy atom. The minimum Gasteiger partial charge on any atom is -0.444 e. The highest BCUT2D eigenvalue weighted by molar-refractivity contribution is 5.68. The maximum absolute atomic E-state index is 11.9. The van der Waals surface area contributed by atoms with E-state index in [1.807, 2.05) is 20.8 Å². The first-order valence-electron chi connectivity index (χ1n) is 10.2. The van der Waals surface area contributed by atoms with Crippen LogP contribution in [-0.4, -0.2) is 54.5 Å². The van der Waals surface area contributed by atoms with Gasteiger partial charge in [0.1, 0.15) is 5.60 Å². The fourth-order valence-electron chi connectivity index (χ4n) is 4.02. The predicted molar refractivity (Wildman–Crippen MR) is 98.7 cm³/mol. The van der Waals surface area contributed by atoms with Crippen LogP contribution in [0.2, 0.25) is 0 Å². The van der Waals surface area contributed by atoms with Crippen LogP contribution in [0.4, 0.5) is 4.79 Å². The van der Waals surface area contributed by atoms with Crippen molar-refractivity contribution < 1.29 is 14.3 Å². The van der Waals surface area contributed by atoms with Crippen LogP contribution in [0.15, 0.2) is 0 Å². The van der Waals surface area contributed by atoms with Crippen LogP contribution >= 0.6 is 0 Å². The van der Waals surface area contributed by atoms with Gasteiger partial charge in [-0.15, -0.1) is 0 Å². The van der Waals surface area contributed by atoms with E-state index in [-0.39, 0.29) is 12.1 Å². The third kappa shape index (κ3) is 6.45. The Hall–Kier alpha value is -0.810. The van der Waals surface area contributed by atoms with Crippen molar-refractivity contribution >= 4 is 6.09 Å². The first-order chi connectivity index (χ1) is 11.9. The van der Waals surface area contributed by atoms with Crippen LogP contribution < -0.4 is 5.32 Å². The Bertz CT molecular complexity index is 429. The van der Waals surface area contributed by atoms with Gasteiger partial charge in [-0.25, -0.2) is 4.79 Å². The first kappa shape index (κ1) is 19.0. The summed E-state index contributed by atoms with van der Waals surface area (Å²) in [4.78, 5) is 14.5. The molecule has 1 amide bonds. The van der Waals surface area contributed by atoms with Crippen LogP contribution in [0.3, 0.4) is 0 Å². The van der Waals surface area contributed by atoms with Gasteiger partial charge in [0.15, 0.2) is 0 Å². The normalized spacial score (nSPS) is 29.4. The van der Waals surface area contributed by atoms with E-state index < -0.39 is 5.60 Å². The maximum Gasteiger partial charge on any atom is 0.407 e. The zero-order chi connectivity index (χ0) is 17.9. The summed E-state index contributed by atoms with van der Waals surface area (Å²) in [6, 6.07) is 0.965. The van der Waals surface area contributed by atoms with E-state index in [1.165, 1.54) is 38.5 Å². The topological polar surface area (TPSA) is 50.8 Å². The van der Waals surface area contributed by atoms with Crippen molar-refractivity contribution in [2.75, 3.05) is 19.7 Å². The number of piperidine rings is 1. The SMILES string of the molecule is CC(C)(C)OC(=O)NC1CCN(C2CCC(OCC3CC3)CC2)CC1. The molecule has 5 nitrogen and oxygen atoms in total. The summed E-state index contributed by atoms with van der Waals surface area (Å²) in [6.45, 7) is 8.87. The molecule has 5 heteroatoms. The third-order valence-electron chi connectivity index (χ3n) is 5.68. The standard InChI is InChI=1S/C20H36N2O3/c1-20(2,3)25-19(23)21-16-10-12-22(13-11-16)17-6-8-18(9-7-17)24-14-15-4-5-15/h15-18H,4-14H2,1-3H3,(H,21,23). The zero-order valence-electron chi connectivity index (χ0n) is 16.3. The molecule has 0 unspecified atom stereocenters. The summed E-state index contributed by atoms with van der Waals surface area (Å²) >= 11 is 0. The summed E-state index contributed by atoms with van der Waals surface area (Å²) in [5.41, 5.74) is -0.426. The lowest BCUT2D eigenvalue weighted by atomic mass is 9.90. The lowest BCUT2D eigenvalue weighted by molar-refractivity contribution is -0.00203. The van der Waals surface area contributed by atoms with Crippen LogP contribution in [0.5, 0.6) is 0 Å². The fraction of sp³-hybridized carbons (Fsp3) is 0.950. The number of hydrogen-bond acceptors (Lipinski definition) is 4. The molecule has 2 saturated carbocycles. The van der Waals surface area contributed by atoms with Gasteiger partial charge in [-0.1, -0.05) is 0 Å². The second-order valence-electron chi connectivity index (χ2n) is 9.16. The van der Waals surface area contributed by atoms with E-state index in [2.05, 4.69) is 10.2 Å². The van der Waals surface area contributed by atoms with E-state index in [0.29, 0.717) is 12.1 Å². The van der Waals surface area contributed by atoms with Crippen molar-refractivity contribution in [3.63, 3.8) is 0 Å². The van der Waals surface area contributed by atoms with Gasteiger partial charge < -0.3 is 19.7 Å². The van der Waals surface area contributed by atoms with Gasteiger partial charge in [0.25, 0.3) is 0 Å². The number of likely N-dealkylation sites (tertiary alicyclic amines) is 1. The molecule has 1 aliphatic heterocycles. The average Bonchev–Trinajstić information content (AvgIpc) is 3.37. The Morgan fingerprint density at radius 3 is 2.20 bits per heavy atom. The first-order valence-corrected chi connectivity index (χ1v) is 10.2. The molecule has 2 aliphatic carbocycles. The van der Waals surface area contributed by atoms with E-state index in [4.69, 9.17) is 9.47 Å². The van der Waals surface area contributed by atoms with Crippen LogP contribution in [-0.2, 0) is 9.47 Å². The second-order valence-corrected chi connectivity index (χ2v) is 9.16. The number of carbonyl (C=O) groups is 1. The van der Waals surface area contributed by atoms with Crippen LogP contribution in [0.1, 0.15) is 72.1 Å². The maximum atomic E-state index is 11.9. The summed E-state index contributed by atoms with van der Waals surface area (Å²) in [5.74, 6) is 0.870. The number of nitrogens with zero attached hydrogens (tertiary/aromatic N) is 1. The molecular weight excluding hydrogens is 316 g/mol. The number of carbonyl (C=O) groups excluding carboxylic acids is 1. The van der Waals surface area contributed by atoms with Gasteiger partial charge in [0, 0.05) is 31.8 Å². The lowest BCUT2D eigenvalue weighted by Gasteiger charge is -2.41. The highest BCUT2D eigenvalue weighted by Gasteiger charge is 2.31. The number of rotatable bonds is 5. The van der Waals surface area contributed by atoms with Crippen molar-refractivity contribution in [3.05, 3.63) is 0 Å². The second kappa shape index (κ2) is 8.26. The Morgan fingerprint density at radius 1 is 1.00 bits per heavy atom. The fourth-order valence-corrected chi connectivity index (χ4v) is 4.02. The van der Waals surface area contributed by atoms with Gasteiger partial charge in [-0.3, -0.25) is 0 Å². The molecule has 25 heavy (non-hydrogen) atoms. The van der Waals surface area contributed by atoms with E-state index in [1.54, 1.807) is 0 Å². The van der Waals surface area contributed by atoms with Crippen molar-refractivity contribution in [1.82, 2.24) is 10.2 Å². The van der Waals surface area contributed by atoms with Crippen molar-refractivity contribution in [1.29, 1.82) is 0 Å². The van der Waals surface area contributed by atoms with Crippen molar-refractivity contribution in [3.8, 4) is 0 Å². The molecule has 3 fully saturated rings. The smallest absolute Gasteiger partial charge is 0.407 e. The zero-order valence-corrected chi connectivity index (χ0v) is 16.3. The summed E-state index contributed by atoms with van der Waals surface area (Å²) in [7, 11) is 0. The Balaban J connectivity index is 1.31. The van der Waals surface area contributed by atoms with Gasteiger partial charge in [0.05, 0.1) is 6.10 Å². The molecule has 0 bridgehead atoms. The van der Waals surface area contributed by atoms with Gasteiger partial charge in [-0.2, -0.15) is 0 Å². The van der Waals surface area contributed by atoms with Crippen molar-refractivity contribution in [2.24, 2.45) is 5.92 Å². The van der Waals surface area contributed by atoms with Crippen molar-refractivity contribution in [2.45, 2.75) is 95.9 Å². The molecule has 3 rings (SSSR count). The highest BCUT2D eigenvalue weighted by Crippen LogP contribution is 2.32. The van der Waals surface area contributed by atoms with Gasteiger partial charge in [0.2, 0.25) is 0 Å². The highest BCUT2D eigenvalue weighted by atomic mass is 16.6. The third-order valence-corrected chi connectivity index (χ3v) is 5.68. The molecule has 0 spiro atoms. The monoisotopic (exact) mass is 352 g/mol. The molecule has 1 heterocycles. The minimum atomic E-state index is -0.426. The quantitative estimate of drug-likeness (QED) is 0.819.